The van der Waals surface area contributed by atoms with Gasteiger partial charge in [0.1, 0.15) is 0 Å². The molecule has 0 aliphatic heterocycles. The number of anilines is 1. The van der Waals surface area contributed by atoms with E-state index in [4.69, 9.17) is 34.8 Å². The number of hydrogen-bond donors (Lipinski definition) is 1. The molecule has 0 aliphatic rings. The van der Waals surface area contributed by atoms with Gasteiger partial charge in [-0.1, -0.05) is 34.8 Å². The van der Waals surface area contributed by atoms with Crippen LogP contribution in [-0.2, 0) is 4.79 Å². The Morgan fingerprint density at radius 3 is 1.89 bits per heavy atom. The molecule has 0 saturated heterocycles. The molecule has 0 atom stereocenters. The standard InChI is InChI=1S/C9H3Cl3F5NO/c10-3-1-5(12)6(2-4(3)11)18-7(19)8(13,14)9(15,16)17/h1-2H,(H,18,19). The molecule has 0 aromatic heterocycles. The summed E-state index contributed by atoms with van der Waals surface area (Å²) in [4.78, 5) is 10.9. The predicted molar refractivity (Wildman–Crippen MR) is 61.1 cm³/mol. The van der Waals surface area contributed by atoms with Gasteiger partial charge in [-0.15, -0.1) is 0 Å². The first-order valence-electron chi connectivity index (χ1n) is 4.37. The fourth-order valence-corrected chi connectivity index (χ4v) is 1.54. The molecule has 0 heterocycles. The van der Waals surface area contributed by atoms with Crippen LogP contribution < -0.4 is 5.32 Å². The number of hydrogen-bond acceptors (Lipinski definition) is 1. The molecule has 106 valence electrons. The van der Waals surface area contributed by atoms with Crippen molar-refractivity contribution in [1.29, 1.82) is 0 Å². The lowest BCUT2D eigenvalue weighted by atomic mass is 10.2. The van der Waals surface area contributed by atoms with Crippen LogP contribution in [0, 0.1) is 0 Å². The highest BCUT2D eigenvalue weighted by Gasteiger charge is 2.63. The van der Waals surface area contributed by atoms with E-state index in [1.165, 1.54) is 5.32 Å². The third kappa shape index (κ3) is 3.40. The topological polar surface area (TPSA) is 29.1 Å². The molecular weight excluding hydrogens is 339 g/mol. The van der Waals surface area contributed by atoms with Crippen molar-refractivity contribution in [2.75, 3.05) is 5.32 Å². The van der Waals surface area contributed by atoms with E-state index >= 15 is 0 Å². The van der Waals surface area contributed by atoms with Crippen molar-refractivity contribution >= 4 is 46.4 Å². The Bertz CT molecular complexity index is 517. The summed E-state index contributed by atoms with van der Waals surface area (Å²) in [6.45, 7) is 0. The summed E-state index contributed by atoms with van der Waals surface area (Å²) in [7, 11) is 0. The van der Waals surface area contributed by atoms with Crippen molar-refractivity contribution in [2.45, 2.75) is 12.1 Å². The molecule has 10 heteroatoms. The Labute approximate surface area is 118 Å². The highest BCUT2D eigenvalue weighted by molar-refractivity contribution is 6.44. The number of amides is 1. The van der Waals surface area contributed by atoms with Crippen LogP contribution in [0.25, 0.3) is 0 Å². The van der Waals surface area contributed by atoms with E-state index in [0.717, 1.165) is 12.1 Å². The van der Waals surface area contributed by atoms with Crippen LogP contribution in [0.5, 0.6) is 0 Å². The maximum Gasteiger partial charge on any atom is 0.463 e. The molecule has 2 nitrogen and oxygen atoms in total. The zero-order valence-electron chi connectivity index (χ0n) is 8.59. The minimum absolute atomic E-state index is 0.0488. The molecular formula is C9H3Cl3F5NO. The lowest BCUT2D eigenvalue weighted by Crippen LogP contribution is -2.47. The average Bonchev–Trinajstić information content (AvgIpc) is 2.24. The minimum Gasteiger partial charge on any atom is -0.319 e. The molecule has 1 N–H and O–H groups in total. The van der Waals surface area contributed by atoms with Gasteiger partial charge in [0, 0.05) is 0 Å². The monoisotopic (exact) mass is 341 g/mol. The van der Waals surface area contributed by atoms with Crippen molar-refractivity contribution in [2.24, 2.45) is 0 Å². The number of benzene rings is 1. The maximum absolute atomic E-state index is 12.7. The molecule has 0 bridgehead atoms. The van der Waals surface area contributed by atoms with E-state index in [-0.39, 0.29) is 15.1 Å². The summed E-state index contributed by atoms with van der Waals surface area (Å²) in [5.74, 6) is -8.12. The smallest absolute Gasteiger partial charge is 0.319 e. The van der Waals surface area contributed by atoms with Crippen LogP contribution in [0.15, 0.2) is 12.1 Å². The highest BCUT2D eigenvalue weighted by atomic mass is 35.5. The van der Waals surface area contributed by atoms with Crippen LogP contribution in [0.3, 0.4) is 0 Å². The number of nitrogens with one attached hydrogen (secondary N) is 1. The van der Waals surface area contributed by atoms with E-state index < -0.39 is 23.7 Å². The molecule has 0 aliphatic carbocycles. The second-order valence-electron chi connectivity index (χ2n) is 3.27. The molecule has 0 saturated carbocycles. The molecule has 1 rings (SSSR count). The van der Waals surface area contributed by atoms with E-state index in [2.05, 4.69) is 0 Å². The third-order valence-electron chi connectivity index (χ3n) is 1.90. The average molecular weight is 342 g/mol. The first-order valence-corrected chi connectivity index (χ1v) is 5.50. The van der Waals surface area contributed by atoms with Crippen molar-refractivity contribution < 1.29 is 26.7 Å². The van der Waals surface area contributed by atoms with Crippen molar-refractivity contribution in [1.82, 2.24) is 0 Å². The normalized spacial score (nSPS) is 12.4. The first-order chi connectivity index (χ1) is 8.46. The molecule has 1 aromatic rings. The van der Waals surface area contributed by atoms with Crippen LogP contribution >= 0.6 is 34.8 Å². The van der Waals surface area contributed by atoms with Crippen LogP contribution in [0.2, 0.25) is 15.1 Å². The molecule has 0 radical (unpaired) electrons. The van der Waals surface area contributed by atoms with Gasteiger partial charge in [0.25, 0.3) is 0 Å². The Hall–Kier alpha value is -0.790. The lowest BCUT2D eigenvalue weighted by Gasteiger charge is -2.19. The van der Waals surface area contributed by atoms with Gasteiger partial charge in [-0.25, -0.2) is 0 Å². The van der Waals surface area contributed by atoms with E-state index in [9.17, 15) is 26.7 Å². The number of carbonyl (C=O) groups excluding carboxylic acids is 1. The number of alkyl halides is 5. The number of halogens is 8. The first kappa shape index (κ1) is 16.3. The lowest BCUT2D eigenvalue weighted by molar-refractivity contribution is -0.267. The second kappa shape index (κ2) is 5.30. The van der Waals surface area contributed by atoms with Crippen LogP contribution in [-0.4, -0.2) is 18.0 Å². The van der Waals surface area contributed by atoms with Gasteiger partial charge in [0.15, 0.2) is 0 Å². The van der Waals surface area contributed by atoms with Gasteiger partial charge in [0.2, 0.25) is 0 Å². The van der Waals surface area contributed by atoms with Crippen molar-refractivity contribution in [3.05, 3.63) is 27.2 Å². The largest absolute Gasteiger partial charge is 0.463 e. The summed E-state index contributed by atoms with van der Waals surface area (Å²) < 4.78 is 61.2. The minimum atomic E-state index is -6.01. The molecule has 0 unspecified atom stereocenters. The fourth-order valence-electron chi connectivity index (χ4n) is 0.948. The quantitative estimate of drug-likeness (QED) is 0.608. The summed E-state index contributed by atoms with van der Waals surface area (Å²) in [5.41, 5.74) is -0.509. The second-order valence-corrected chi connectivity index (χ2v) is 4.49. The van der Waals surface area contributed by atoms with E-state index in [0.29, 0.717) is 0 Å². The van der Waals surface area contributed by atoms with E-state index in [1.807, 2.05) is 0 Å². The van der Waals surface area contributed by atoms with Crippen molar-refractivity contribution in [3.63, 3.8) is 0 Å². The molecule has 1 aromatic carbocycles. The Kier molecular flexibility index (Phi) is 4.54. The van der Waals surface area contributed by atoms with Gasteiger partial charge >= 0.3 is 18.0 Å². The number of rotatable bonds is 2. The Morgan fingerprint density at radius 1 is 0.947 bits per heavy atom. The van der Waals surface area contributed by atoms with Crippen molar-refractivity contribution in [3.8, 4) is 0 Å². The van der Waals surface area contributed by atoms with Gasteiger partial charge in [-0.3, -0.25) is 4.79 Å². The fraction of sp³-hybridized carbons (Fsp3) is 0.222. The molecule has 19 heavy (non-hydrogen) atoms. The Morgan fingerprint density at radius 2 is 1.42 bits per heavy atom. The summed E-state index contributed by atoms with van der Waals surface area (Å²) >= 11 is 16.6. The van der Waals surface area contributed by atoms with Crippen LogP contribution in [0.4, 0.5) is 27.6 Å². The van der Waals surface area contributed by atoms with Gasteiger partial charge < -0.3 is 5.32 Å². The van der Waals surface area contributed by atoms with E-state index in [1.54, 1.807) is 0 Å². The highest BCUT2D eigenvalue weighted by Crippen LogP contribution is 2.38. The number of carbonyl (C=O) groups is 1. The Balaban J connectivity index is 3.05. The summed E-state index contributed by atoms with van der Waals surface area (Å²) in [5, 5.41) is 0.790. The predicted octanol–water partition coefficient (Wildman–Crippen LogP) is 4.78. The summed E-state index contributed by atoms with van der Waals surface area (Å²) in [6.07, 6.45) is -6.01. The zero-order valence-corrected chi connectivity index (χ0v) is 10.9. The molecule has 0 spiro atoms. The zero-order chi connectivity index (χ0) is 15.0. The molecule has 1 amide bonds. The van der Waals surface area contributed by atoms with Gasteiger partial charge in [-0.05, 0) is 12.1 Å². The maximum atomic E-state index is 12.7. The van der Waals surface area contributed by atoms with Crippen LogP contribution in [0.1, 0.15) is 0 Å². The molecule has 0 fully saturated rings. The van der Waals surface area contributed by atoms with Gasteiger partial charge in [0.05, 0.1) is 20.8 Å². The van der Waals surface area contributed by atoms with Gasteiger partial charge in [-0.2, -0.15) is 22.0 Å². The SMILES string of the molecule is O=C(Nc1cc(Cl)c(Cl)cc1Cl)C(F)(F)C(F)(F)F. The third-order valence-corrected chi connectivity index (χ3v) is 2.93. The summed E-state index contributed by atoms with van der Waals surface area (Å²) in [6, 6.07) is 1.85.